The zero-order valence-corrected chi connectivity index (χ0v) is 23.2. The maximum absolute atomic E-state index is 13.3. The lowest BCUT2D eigenvalue weighted by Crippen LogP contribution is -2.52. The van der Waals surface area contributed by atoms with Gasteiger partial charge in [0.05, 0.1) is 28.9 Å². The lowest BCUT2D eigenvalue weighted by molar-refractivity contribution is -0.139. The molecule has 1 fully saturated rings. The number of fused-ring (bicyclic) bond motifs is 1. The van der Waals surface area contributed by atoms with E-state index in [-0.39, 0.29) is 53.8 Å². The van der Waals surface area contributed by atoms with Crippen molar-refractivity contribution in [3.8, 4) is 17.2 Å². The SMILES string of the molecule is COc1c(COC(=O)Nc2ccc(Oc3ccccc3C(F)(F)F)cc2Cl)ccc2c1C(=O)N(C1CCC(=O)NC1=O)C2. The summed E-state index contributed by atoms with van der Waals surface area (Å²) in [6, 6.07) is 11.1. The van der Waals surface area contributed by atoms with Gasteiger partial charge in [0.15, 0.2) is 0 Å². The molecule has 0 spiro atoms. The number of amides is 4. The molecule has 2 aliphatic heterocycles. The van der Waals surface area contributed by atoms with Gasteiger partial charge in [0.2, 0.25) is 11.8 Å². The molecule has 4 amide bonds. The van der Waals surface area contributed by atoms with Gasteiger partial charge in [-0.15, -0.1) is 0 Å². The summed E-state index contributed by atoms with van der Waals surface area (Å²) in [5, 5.41) is 4.67. The highest BCUT2D eigenvalue weighted by molar-refractivity contribution is 6.33. The van der Waals surface area contributed by atoms with Crippen molar-refractivity contribution in [2.24, 2.45) is 0 Å². The topological polar surface area (TPSA) is 123 Å². The number of hydrogen-bond donors (Lipinski definition) is 2. The second-order valence-electron chi connectivity index (χ2n) is 9.63. The fourth-order valence-corrected chi connectivity index (χ4v) is 5.09. The number of piperidine rings is 1. The Hall–Kier alpha value is -4.78. The Morgan fingerprint density at radius 3 is 2.58 bits per heavy atom. The fraction of sp³-hybridized carbons (Fsp3) is 0.241. The van der Waals surface area contributed by atoms with Crippen LogP contribution < -0.4 is 20.1 Å². The number of nitrogens with zero attached hydrogens (tertiary/aromatic N) is 1. The first-order valence-corrected chi connectivity index (χ1v) is 13.2. The van der Waals surface area contributed by atoms with E-state index in [0.717, 1.165) is 6.07 Å². The van der Waals surface area contributed by atoms with Crippen LogP contribution in [-0.2, 0) is 33.7 Å². The number of imide groups is 1. The number of ether oxygens (including phenoxy) is 3. The molecule has 1 unspecified atom stereocenters. The van der Waals surface area contributed by atoms with E-state index in [2.05, 4.69) is 10.6 Å². The molecule has 1 atom stereocenters. The Morgan fingerprint density at radius 2 is 1.88 bits per heavy atom. The third-order valence-corrected chi connectivity index (χ3v) is 7.20. The quantitative estimate of drug-likeness (QED) is 0.328. The number of anilines is 1. The standard InChI is InChI=1S/C29H23ClF3N3O7/c1-41-25-16(7-6-15-13-36(27(39)24(15)25)21-10-11-23(37)35-26(21)38)14-42-28(40)34-20-9-8-17(12-19(20)30)43-22-5-3-2-4-18(22)29(31,32)33/h2-9,12,21H,10-11,13-14H2,1H3,(H,34,40)(H,35,37,38). The monoisotopic (exact) mass is 617 g/mol. The molecule has 3 aromatic carbocycles. The molecule has 2 N–H and O–H groups in total. The first-order chi connectivity index (χ1) is 20.5. The fourth-order valence-electron chi connectivity index (χ4n) is 4.88. The molecular formula is C29H23ClF3N3O7. The lowest BCUT2D eigenvalue weighted by Gasteiger charge is -2.29. The van der Waals surface area contributed by atoms with Crippen molar-refractivity contribution in [1.29, 1.82) is 0 Å². The molecule has 3 aromatic rings. The first-order valence-electron chi connectivity index (χ1n) is 12.9. The number of benzene rings is 3. The molecule has 2 aliphatic rings. The Bertz CT molecular complexity index is 1630. The number of halogens is 4. The lowest BCUT2D eigenvalue weighted by atomic mass is 10.0. The van der Waals surface area contributed by atoms with E-state index < -0.39 is 47.3 Å². The zero-order chi connectivity index (χ0) is 30.9. The van der Waals surface area contributed by atoms with E-state index in [1.165, 1.54) is 48.4 Å². The second kappa shape index (κ2) is 11.8. The number of carbonyl (C=O) groups excluding carboxylic acids is 4. The van der Waals surface area contributed by atoms with Crippen molar-refractivity contribution in [3.05, 3.63) is 81.9 Å². The molecule has 0 saturated carbocycles. The molecule has 14 heteroatoms. The van der Waals surface area contributed by atoms with Crippen molar-refractivity contribution in [1.82, 2.24) is 10.2 Å². The predicted molar refractivity (Wildman–Crippen MR) is 146 cm³/mol. The van der Waals surface area contributed by atoms with Crippen LogP contribution in [0.1, 0.15) is 39.9 Å². The van der Waals surface area contributed by atoms with Gasteiger partial charge in [-0.1, -0.05) is 35.9 Å². The maximum atomic E-state index is 13.3. The van der Waals surface area contributed by atoms with Gasteiger partial charge in [-0.25, -0.2) is 4.79 Å². The summed E-state index contributed by atoms with van der Waals surface area (Å²) in [6.45, 7) is -0.139. The van der Waals surface area contributed by atoms with Crippen LogP contribution in [0, 0.1) is 0 Å². The van der Waals surface area contributed by atoms with E-state index in [1.54, 1.807) is 12.1 Å². The number of methoxy groups -OCH3 is 1. The number of hydrogen-bond acceptors (Lipinski definition) is 7. The minimum absolute atomic E-state index is 0.0134. The molecule has 43 heavy (non-hydrogen) atoms. The Balaban J connectivity index is 1.24. The summed E-state index contributed by atoms with van der Waals surface area (Å²) in [4.78, 5) is 51.0. The van der Waals surface area contributed by atoms with Gasteiger partial charge in [-0.2, -0.15) is 13.2 Å². The Labute approximate surface area is 247 Å². The van der Waals surface area contributed by atoms with E-state index in [1.807, 2.05) is 0 Å². The van der Waals surface area contributed by atoms with E-state index in [4.69, 9.17) is 25.8 Å². The normalized spacial score (nSPS) is 16.4. The zero-order valence-electron chi connectivity index (χ0n) is 22.4. The third kappa shape index (κ3) is 6.21. The van der Waals surface area contributed by atoms with Crippen LogP contribution in [0.4, 0.5) is 23.7 Å². The van der Waals surface area contributed by atoms with Gasteiger partial charge in [0.1, 0.15) is 29.9 Å². The van der Waals surface area contributed by atoms with E-state index in [9.17, 15) is 32.3 Å². The Morgan fingerprint density at radius 1 is 1.12 bits per heavy atom. The molecule has 0 aliphatic carbocycles. The summed E-state index contributed by atoms with van der Waals surface area (Å²) in [5.41, 5.74) is 0.391. The molecule has 0 bridgehead atoms. The molecule has 2 heterocycles. The van der Waals surface area contributed by atoms with Crippen LogP contribution in [-0.4, -0.2) is 41.9 Å². The largest absolute Gasteiger partial charge is 0.495 e. The minimum Gasteiger partial charge on any atom is -0.495 e. The highest BCUT2D eigenvalue weighted by Crippen LogP contribution is 2.39. The number of para-hydroxylation sites is 1. The molecule has 1 saturated heterocycles. The summed E-state index contributed by atoms with van der Waals surface area (Å²) < 4.78 is 56.0. The van der Waals surface area contributed by atoms with Crippen molar-refractivity contribution >= 4 is 41.1 Å². The van der Waals surface area contributed by atoms with Gasteiger partial charge in [-0.05, 0) is 36.2 Å². The van der Waals surface area contributed by atoms with Crippen LogP contribution >= 0.6 is 11.6 Å². The number of alkyl halides is 3. The molecule has 0 radical (unpaired) electrons. The van der Waals surface area contributed by atoms with Crippen molar-refractivity contribution in [2.45, 2.75) is 38.2 Å². The average Bonchev–Trinajstić information content (AvgIpc) is 3.28. The predicted octanol–water partition coefficient (Wildman–Crippen LogP) is 5.67. The number of rotatable bonds is 7. The molecule has 0 aromatic heterocycles. The smallest absolute Gasteiger partial charge is 0.419 e. The van der Waals surface area contributed by atoms with Crippen LogP contribution in [0.3, 0.4) is 0 Å². The molecule has 5 rings (SSSR count). The van der Waals surface area contributed by atoms with Crippen LogP contribution in [0.2, 0.25) is 5.02 Å². The van der Waals surface area contributed by atoms with Crippen molar-refractivity contribution in [3.63, 3.8) is 0 Å². The van der Waals surface area contributed by atoms with E-state index >= 15 is 0 Å². The van der Waals surface area contributed by atoms with Gasteiger partial charge < -0.3 is 19.1 Å². The van der Waals surface area contributed by atoms with E-state index in [0.29, 0.717) is 11.1 Å². The summed E-state index contributed by atoms with van der Waals surface area (Å²) in [5.74, 6) is -1.59. The Kier molecular flexibility index (Phi) is 8.18. The minimum atomic E-state index is -4.62. The number of carbonyl (C=O) groups is 4. The van der Waals surface area contributed by atoms with Gasteiger partial charge in [0.25, 0.3) is 5.91 Å². The van der Waals surface area contributed by atoms with Crippen LogP contribution in [0.5, 0.6) is 17.2 Å². The van der Waals surface area contributed by atoms with Crippen LogP contribution in [0.25, 0.3) is 0 Å². The van der Waals surface area contributed by atoms with Gasteiger partial charge in [0, 0.05) is 24.6 Å². The van der Waals surface area contributed by atoms with Gasteiger partial charge in [-0.3, -0.25) is 25.0 Å². The molecular weight excluding hydrogens is 595 g/mol. The summed E-state index contributed by atoms with van der Waals surface area (Å²) in [7, 11) is 1.36. The van der Waals surface area contributed by atoms with Gasteiger partial charge >= 0.3 is 12.3 Å². The summed E-state index contributed by atoms with van der Waals surface area (Å²) >= 11 is 6.23. The van der Waals surface area contributed by atoms with Crippen LogP contribution in [0.15, 0.2) is 54.6 Å². The number of nitrogens with one attached hydrogen (secondary N) is 2. The first kappa shape index (κ1) is 29.7. The maximum Gasteiger partial charge on any atom is 0.419 e. The molecule has 224 valence electrons. The highest BCUT2D eigenvalue weighted by atomic mass is 35.5. The molecule has 10 nitrogen and oxygen atoms in total. The second-order valence-corrected chi connectivity index (χ2v) is 10.0. The van der Waals surface area contributed by atoms with Crippen molar-refractivity contribution in [2.75, 3.05) is 12.4 Å². The summed E-state index contributed by atoms with van der Waals surface area (Å²) in [6.07, 6.45) is -5.20. The third-order valence-electron chi connectivity index (χ3n) is 6.89. The highest BCUT2D eigenvalue weighted by Gasteiger charge is 2.41. The van der Waals surface area contributed by atoms with Crippen molar-refractivity contribution < 1.29 is 46.6 Å². The average molecular weight is 618 g/mol.